The minimum atomic E-state index is -4.41. The Labute approximate surface area is 172 Å². The quantitative estimate of drug-likeness (QED) is 0.734. The zero-order valence-corrected chi connectivity index (χ0v) is 17.3. The lowest BCUT2D eigenvalue weighted by Gasteiger charge is -2.26. The third-order valence-electron chi connectivity index (χ3n) is 3.32. The predicted molar refractivity (Wildman–Crippen MR) is 105 cm³/mol. The number of halogens is 4. The number of carbonyl (C=O) groups is 1. The van der Waals surface area contributed by atoms with E-state index < -0.39 is 18.7 Å². The first-order valence-electron chi connectivity index (χ1n) is 8.61. The fourth-order valence-corrected chi connectivity index (χ4v) is 2.41. The molecule has 1 atom stereocenters. The summed E-state index contributed by atoms with van der Waals surface area (Å²) in [7, 11) is 0. The SMILES string of the molecule is CC(NC(C)(C)C)c1cnc(OCC(F)(F)F)c(Cl)c1.NC(=O)c1ccncc1. The number of primary amides is 1. The van der Waals surface area contributed by atoms with E-state index in [0.717, 1.165) is 5.56 Å². The van der Waals surface area contributed by atoms with E-state index in [9.17, 15) is 18.0 Å². The Hall–Kier alpha value is -2.39. The van der Waals surface area contributed by atoms with Crippen molar-refractivity contribution in [3.63, 3.8) is 0 Å². The van der Waals surface area contributed by atoms with Crippen LogP contribution in [0.25, 0.3) is 0 Å². The molecule has 2 aromatic heterocycles. The van der Waals surface area contributed by atoms with Crippen molar-refractivity contribution in [2.24, 2.45) is 5.73 Å². The number of nitrogens with one attached hydrogen (secondary N) is 1. The van der Waals surface area contributed by atoms with E-state index in [4.69, 9.17) is 17.3 Å². The van der Waals surface area contributed by atoms with Gasteiger partial charge >= 0.3 is 6.18 Å². The van der Waals surface area contributed by atoms with Gasteiger partial charge in [0, 0.05) is 35.7 Å². The Kier molecular flexibility index (Phi) is 8.84. The van der Waals surface area contributed by atoms with E-state index in [-0.39, 0.29) is 22.5 Å². The van der Waals surface area contributed by atoms with Crippen LogP contribution in [0.4, 0.5) is 13.2 Å². The first-order valence-corrected chi connectivity index (χ1v) is 8.99. The number of hydrogen-bond acceptors (Lipinski definition) is 5. The van der Waals surface area contributed by atoms with Crippen LogP contribution in [0, 0.1) is 0 Å². The average Bonchev–Trinajstić information content (AvgIpc) is 2.59. The third-order valence-corrected chi connectivity index (χ3v) is 3.59. The Morgan fingerprint density at radius 3 is 2.28 bits per heavy atom. The van der Waals surface area contributed by atoms with Crippen molar-refractivity contribution in [1.29, 1.82) is 0 Å². The maximum Gasteiger partial charge on any atom is 0.422 e. The monoisotopic (exact) mass is 432 g/mol. The molecule has 0 saturated heterocycles. The average molecular weight is 433 g/mol. The number of nitrogens with two attached hydrogens (primary N) is 1. The van der Waals surface area contributed by atoms with Gasteiger partial charge in [-0.15, -0.1) is 0 Å². The number of alkyl halides is 3. The van der Waals surface area contributed by atoms with Crippen molar-refractivity contribution in [3.05, 3.63) is 52.9 Å². The van der Waals surface area contributed by atoms with Crippen LogP contribution in [-0.2, 0) is 0 Å². The van der Waals surface area contributed by atoms with E-state index >= 15 is 0 Å². The molecule has 0 spiro atoms. The molecule has 0 aromatic carbocycles. The van der Waals surface area contributed by atoms with Gasteiger partial charge in [0.2, 0.25) is 11.8 Å². The van der Waals surface area contributed by atoms with Crippen molar-refractivity contribution >= 4 is 17.5 Å². The highest BCUT2D eigenvalue weighted by molar-refractivity contribution is 6.31. The van der Waals surface area contributed by atoms with Crippen molar-refractivity contribution in [1.82, 2.24) is 15.3 Å². The molecule has 0 radical (unpaired) electrons. The summed E-state index contributed by atoms with van der Waals surface area (Å²) in [5, 5.41) is 3.38. The molecule has 2 aromatic rings. The van der Waals surface area contributed by atoms with Crippen LogP contribution in [0.15, 0.2) is 36.8 Å². The highest BCUT2D eigenvalue weighted by Gasteiger charge is 2.29. The van der Waals surface area contributed by atoms with Crippen LogP contribution in [-0.4, -0.2) is 34.2 Å². The summed E-state index contributed by atoms with van der Waals surface area (Å²) in [5.74, 6) is -0.631. The van der Waals surface area contributed by atoms with Crippen LogP contribution in [0.3, 0.4) is 0 Å². The Balaban J connectivity index is 0.000000387. The molecule has 2 heterocycles. The van der Waals surface area contributed by atoms with Gasteiger partial charge in [-0.2, -0.15) is 13.2 Å². The molecule has 0 bridgehead atoms. The molecule has 0 fully saturated rings. The fraction of sp³-hybridized carbons (Fsp3) is 0.421. The highest BCUT2D eigenvalue weighted by atomic mass is 35.5. The lowest BCUT2D eigenvalue weighted by molar-refractivity contribution is -0.154. The van der Waals surface area contributed by atoms with E-state index in [1.54, 1.807) is 18.2 Å². The largest absolute Gasteiger partial charge is 0.467 e. The maximum atomic E-state index is 12.1. The van der Waals surface area contributed by atoms with Gasteiger partial charge in [-0.25, -0.2) is 4.98 Å². The van der Waals surface area contributed by atoms with Gasteiger partial charge in [0.25, 0.3) is 0 Å². The van der Waals surface area contributed by atoms with Gasteiger partial charge in [-0.3, -0.25) is 9.78 Å². The molecule has 0 aliphatic heterocycles. The van der Waals surface area contributed by atoms with Crippen molar-refractivity contribution in [2.45, 2.75) is 45.5 Å². The number of hydrogen-bond donors (Lipinski definition) is 2. The maximum absolute atomic E-state index is 12.1. The van der Waals surface area contributed by atoms with E-state index in [1.165, 1.54) is 18.6 Å². The summed E-state index contributed by atoms with van der Waals surface area (Å²) >= 11 is 5.89. The minimum Gasteiger partial charge on any atom is -0.467 e. The van der Waals surface area contributed by atoms with Gasteiger partial charge in [0.05, 0.1) is 0 Å². The number of nitrogens with zero attached hydrogens (tertiary/aromatic N) is 2. The number of ether oxygens (including phenoxy) is 1. The van der Waals surface area contributed by atoms with Gasteiger partial charge in [0.1, 0.15) is 5.02 Å². The lowest BCUT2D eigenvalue weighted by atomic mass is 10.0. The molecule has 0 aliphatic carbocycles. The molecule has 160 valence electrons. The molecule has 6 nitrogen and oxygen atoms in total. The number of carbonyl (C=O) groups excluding carboxylic acids is 1. The molecule has 1 unspecified atom stereocenters. The molecule has 1 amide bonds. The Bertz CT molecular complexity index is 796. The molecule has 10 heteroatoms. The first-order chi connectivity index (χ1) is 13.3. The number of pyridine rings is 2. The van der Waals surface area contributed by atoms with Crippen molar-refractivity contribution < 1.29 is 22.7 Å². The van der Waals surface area contributed by atoms with Crippen LogP contribution in [0.1, 0.15) is 49.7 Å². The molecular formula is C19H24ClF3N4O2. The standard InChI is InChI=1S/C13H18ClF3N2O.C6H6N2O/c1-8(19-12(2,3)4)9-5-10(14)11(18-6-9)20-7-13(15,16)17;7-6(9)5-1-3-8-4-2-5/h5-6,8,19H,7H2,1-4H3;1-4H,(H2,7,9). The third kappa shape index (κ3) is 10.1. The topological polar surface area (TPSA) is 90.1 Å². The number of rotatable bonds is 5. The zero-order valence-electron chi connectivity index (χ0n) is 16.5. The number of aromatic nitrogens is 2. The Morgan fingerprint density at radius 1 is 1.28 bits per heavy atom. The van der Waals surface area contributed by atoms with Crippen molar-refractivity contribution in [3.8, 4) is 5.88 Å². The second-order valence-corrected chi connectivity index (χ2v) is 7.58. The van der Waals surface area contributed by atoms with Crippen molar-refractivity contribution in [2.75, 3.05) is 6.61 Å². The minimum absolute atomic E-state index is 0.0309. The molecular weight excluding hydrogens is 409 g/mol. The van der Waals surface area contributed by atoms with E-state index in [0.29, 0.717) is 5.56 Å². The molecule has 29 heavy (non-hydrogen) atoms. The summed E-state index contributed by atoms with van der Waals surface area (Å²) in [6.07, 6.45) is 0.103. The highest BCUT2D eigenvalue weighted by Crippen LogP contribution is 2.27. The fourth-order valence-electron chi connectivity index (χ4n) is 2.18. The summed E-state index contributed by atoms with van der Waals surface area (Å²) < 4.78 is 40.7. The predicted octanol–water partition coefficient (Wildman–Crippen LogP) is 4.31. The van der Waals surface area contributed by atoms with Gasteiger partial charge in [-0.1, -0.05) is 11.6 Å². The van der Waals surface area contributed by atoms with Crippen LogP contribution in [0.2, 0.25) is 5.02 Å². The van der Waals surface area contributed by atoms with Crippen LogP contribution < -0.4 is 15.8 Å². The Morgan fingerprint density at radius 2 is 1.86 bits per heavy atom. The van der Waals surface area contributed by atoms with Crippen LogP contribution >= 0.6 is 11.6 Å². The molecule has 3 N–H and O–H groups in total. The van der Waals surface area contributed by atoms with E-state index in [2.05, 4.69) is 20.0 Å². The molecule has 0 aliphatic rings. The van der Waals surface area contributed by atoms with E-state index in [1.807, 2.05) is 27.7 Å². The normalized spacial score (nSPS) is 12.6. The van der Waals surface area contributed by atoms with Gasteiger partial charge in [0.15, 0.2) is 6.61 Å². The smallest absolute Gasteiger partial charge is 0.422 e. The summed E-state index contributed by atoms with van der Waals surface area (Å²) in [5.41, 5.74) is 6.12. The summed E-state index contributed by atoms with van der Waals surface area (Å²) in [6, 6.07) is 4.67. The van der Waals surface area contributed by atoms with Gasteiger partial charge in [-0.05, 0) is 51.5 Å². The second-order valence-electron chi connectivity index (χ2n) is 7.18. The first kappa shape index (κ1) is 24.6. The second kappa shape index (κ2) is 10.4. The molecule has 0 saturated carbocycles. The number of amides is 1. The van der Waals surface area contributed by atoms with Gasteiger partial charge < -0.3 is 15.8 Å². The van der Waals surface area contributed by atoms with Crippen LogP contribution in [0.5, 0.6) is 5.88 Å². The summed E-state index contributed by atoms with van der Waals surface area (Å²) in [6.45, 7) is 6.56. The lowest BCUT2D eigenvalue weighted by Crippen LogP contribution is -2.37. The summed E-state index contributed by atoms with van der Waals surface area (Å²) in [4.78, 5) is 18.0. The zero-order chi connectivity index (χ0) is 22.2. The molecule has 2 rings (SSSR count).